The van der Waals surface area contributed by atoms with Crippen molar-refractivity contribution < 1.29 is 13.5 Å². The molecule has 2 N–H and O–H groups in total. The fourth-order valence-electron chi connectivity index (χ4n) is 2.66. The largest absolute Gasteiger partial charge is 0.395 e. The molecule has 26 heavy (non-hydrogen) atoms. The molecular formula is C18H16Cl2N2O3S. The summed E-state index contributed by atoms with van der Waals surface area (Å²) in [6, 6.07) is 11.9. The Bertz CT molecular complexity index is 1040. The molecule has 0 saturated heterocycles. The van der Waals surface area contributed by atoms with Crippen LogP contribution in [-0.2, 0) is 9.84 Å². The number of aryl methyl sites for hydroxylation is 1. The summed E-state index contributed by atoms with van der Waals surface area (Å²) >= 11 is 12.4. The summed E-state index contributed by atoms with van der Waals surface area (Å²) < 4.78 is 24.1. The number of aliphatic hydroxyl groups is 1. The topological polar surface area (TPSA) is 83.0 Å². The monoisotopic (exact) mass is 410 g/mol. The molecule has 3 rings (SSSR count). The van der Waals surface area contributed by atoms with E-state index in [1.807, 2.05) is 19.1 Å². The molecule has 0 aliphatic carbocycles. The summed E-state index contributed by atoms with van der Waals surface area (Å²) in [6.07, 6.45) is 0. The summed E-state index contributed by atoms with van der Waals surface area (Å²) in [6.45, 7) is 1.49. The van der Waals surface area contributed by atoms with Crippen molar-refractivity contribution in [3.8, 4) is 22.4 Å². The van der Waals surface area contributed by atoms with Crippen LogP contribution in [0.2, 0.25) is 10.2 Å². The number of H-pyrrole nitrogens is 1. The minimum Gasteiger partial charge on any atom is -0.395 e. The highest BCUT2D eigenvalue weighted by Gasteiger charge is 2.18. The van der Waals surface area contributed by atoms with Gasteiger partial charge in [-0.3, -0.25) is 5.10 Å². The van der Waals surface area contributed by atoms with Gasteiger partial charge in [-0.15, -0.1) is 0 Å². The Morgan fingerprint density at radius 3 is 2.35 bits per heavy atom. The van der Waals surface area contributed by atoms with E-state index in [9.17, 15) is 8.42 Å². The third-order valence-electron chi connectivity index (χ3n) is 4.03. The first kappa shape index (κ1) is 18.9. The van der Waals surface area contributed by atoms with E-state index in [1.165, 1.54) is 12.1 Å². The molecule has 0 unspecified atom stereocenters. The van der Waals surface area contributed by atoms with Crippen molar-refractivity contribution in [2.24, 2.45) is 0 Å². The van der Waals surface area contributed by atoms with Gasteiger partial charge in [0.25, 0.3) is 0 Å². The predicted molar refractivity (Wildman–Crippen MR) is 103 cm³/mol. The van der Waals surface area contributed by atoms with Gasteiger partial charge in [0.15, 0.2) is 15.0 Å². The maximum atomic E-state index is 12.0. The Balaban J connectivity index is 2.05. The highest BCUT2D eigenvalue weighted by molar-refractivity contribution is 7.91. The second kappa shape index (κ2) is 7.40. The van der Waals surface area contributed by atoms with Crippen molar-refractivity contribution in [1.82, 2.24) is 10.2 Å². The number of nitrogens with one attached hydrogen (secondary N) is 1. The zero-order valence-electron chi connectivity index (χ0n) is 13.8. The lowest BCUT2D eigenvalue weighted by Crippen LogP contribution is -2.09. The molecular weight excluding hydrogens is 395 g/mol. The second-order valence-electron chi connectivity index (χ2n) is 5.80. The van der Waals surface area contributed by atoms with Gasteiger partial charge in [0.1, 0.15) is 0 Å². The van der Waals surface area contributed by atoms with Crippen LogP contribution in [0.25, 0.3) is 22.4 Å². The van der Waals surface area contributed by atoms with Gasteiger partial charge in [0.05, 0.1) is 22.9 Å². The number of rotatable bonds is 5. The van der Waals surface area contributed by atoms with Crippen molar-refractivity contribution in [1.29, 1.82) is 0 Å². The lowest BCUT2D eigenvalue weighted by Gasteiger charge is -2.08. The molecule has 0 bridgehead atoms. The maximum Gasteiger partial charge on any atom is 0.180 e. The summed E-state index contributed by atoms with van der Waals surface area (Å²) in [5.41, 5.74) is 3.92. The Morgan fingerprint density at radius 1 is 1.08 bits per heavy atom. The highest BCUT2D eigenvalue weighted by atomic mass is 35.5. The van der Waals surface area contributed by atoms with Crippen LogP contribution in [0, 0.1) is 6.92 Å². The third kappa shape index (κ3) is 3.64. The summed E-state index contributed by atoms with van der Waals surface area (Å²) in [5, 5.41) is 16.8. The van der Waals surface area contributed by atoms with E-state index < -0.39 is 16.4 Å². The van der Waals surface area contributed by atoms with Crippen LogP contribution in [0.3, 0.4) is 0 Å². The van der Waals surface area contributed by atoms with Crippen LogP contribution in [0.15, 0.2) is 47.4 Å². The molecule has 0 atom stereocenters. The summed E-state index contributed by atoms with van der Waals surface area (Å²) in [4.78, 5) is 0.157. The minimum atomic E-state index is -3.49. The van der Waals surface area contributed by atoms with Gasteiger partial charge in [-0.1, -0.05) is 41.4 Å². The van der Waals surface area contributed by atoms with Gasteiger partial charge >= 0.3 is 0 Å². The highest BCUT2D eigenvalue weighted by Crippen LogP contribution is 2.37. The van der Waals surface area contributed by atoms with Crippen molar-refractivity contribution in [2.75, 3.05) is 12.4 Å². The van der Waals surface area contributed by atoms with Crippen molar-refractivity contribution in [3.63, 3.8) is 0 Å². The zero-order valence-corrected chi connectivity index (χ0v) is 16.2. The molecule has 0 saturated carbocycles. The predicted octanol–water partition coefficient (Wildman–Crippen LogP) is 4.12. The van der Waals surface area contributed by atoms with E-state index in [2.05, 4.69) is 10.2 Å². The average molecular weight is 411 g/mol. The Kier molecular flexibility index (Phi) is 5.39. The fraction of sp³-hybridized carbons (Fsp3) is 0.167. The SMILES string of the molecule is Cc1cc(-c2c(Cl)n[nH]c2-c2ccc(S(=O)(=O)CCO)cc2)ccc1Cl. The number of benzene rings is 2. The second-order valence-corrected chi connectivity index (χ2v) is 8.67. The van der Waals surface area contributed by atoms with Gasteiger partial charge in [0.2, 0.25) is 0 Å². The van der Waals surface area contributed by atoms with Crippen molar-refractivity contribution in [2.45, 2.75) is 11.8 Å². The molecule has 5 nitrogen and oxygen atoms in total. The quantitative estimate of drug-likeness (QED) is 0.662. The first-order valence-electron chi connectivity index (χ1n) is 7.78. The third-order valence-corrected chi connectivity index (χ3v) is 6.44. The van der Waals surface area contributed by atoms with E-state index >= 15 is 0 Å². The average Bonchev–Trinajstić information content (AvgIpc) is 2.99. The zero-order chi connectivity index (χ0) is 18.9. The lowest BCUT2D eigenvalue weighted by atomic mass is 10.0. The van der Waals surface area contributed by atoms with Crippen LogP contribution in [0.5, 0.6) is 0 Å². The Hall–Kier alpha value is -1.86. The molecule has 1 aromatic heterocycles. The number of aromatic amines is 1. The number of hydrogen-bond acceptors (Lipinski definition) is 4. The summed E-state index contributed by atoms with van der Waals surface area (Å²) in [5.74, 6) is -0.308. The first-order chi connectivity index (χ1) is 12.3. The molecule has 0 amide bonds. The maximum absolute atomic E-state index is 12.0. The van der Waals surface area contributed by atoms with Gasteiger partial charge in [-0.25, -0.2) is 8.42 Å². The number of sulfone groups is 1. The van der Waals surface area contributed by atoms with Gasteiger partial charge in [0, 0.05) is 16.1 Å². The molecule has 136 valence electrons. The van der Waals surface area contributed by atoms with E-state index in [-0.39, 0.29) is 10.6 Å². The molecule has 0 fully saturated rings. The number of halogens is 2. The minimum absolute atomic E-state index is 0.157. The number of nitrogens with zero attached hydrogens (tertiary/aromatic N) is 1. The molecule has 0 radical (unpaired) electrons. The van der Waals surface area contributed by atoms with Crippen molar-refractivity contribution >= 4 is 33.0 Å². The number of aliphatic hydroxyl groups excluding tert-OH is 1. The van der Waals surface area contributed by atoms with Gasteiger partial charge < -0.3 is 5.11 Å². The van der Waals surface area contributed by atoms with E-state index in [1.54, 1.807) is 18.2 Å². The standard InChI is InChI=1S/C18H16Cl2N2O3S/c1-11-10-13(4-7-15(11)19)16-17(21-22-18(16)20)12-2-5-14(6-3-12)26(24,25)9-8-23/h2-7,10,23H,8-9H2,1H3,(H,21,22). The molecule has 8 heteroatoms. The molecule has 1 heterocycles. The number of aromatic nitrogens is 2. The first-order valence-corrected chi connectivity index (χ1v) is 10.2. The van der Waals surface area contributed by atoms with Gasteiger partial charge in [-0.05, 0) is 42.3 Å². The lowest BCUT2D eigenvalue weighted by molar-refractivity contribution is 0.319. The smallest absolute Gasteiger partial charge is 0.180 e. The molecule has 0 aliphatic heterocycles. The fourth-order valence-corrected chi connectivity index (χ4v) is 4.05. The Morgan fingerprint density at radius 2 is 1.73 bits per heavy atom. The van der Waals surface area contributed by atoms with Crippen LogP contribution in [-0.4, -0.2) is 36.1 Å². The van der Waals surface area contributed by atoms with Crippen LogP contribution < -0.4 is 0 Å². The summed E-state index contributed by atoms with van der Waals surface area (Å²) in [7, 11) is -3.49. The van der Waals surface area contributed by atoms with Crippen LogP contribution in [0.4, 0.5) is 0 Å². The molecule has 2 aromatic carbocycles. The van der Waals surface area contributed by atoms with Crippen molar-refractivity contribution in [3.05, 3.63) is 58.2 Å². The van der Waals surface area contributed by atoms with E-state index in [0.717, 1.165) is 22.3 Å². The van der Waals surface area contributed by atoms with Gasteiger partial charge in [-0.2, -0.15) is 5.10 Å². The molecule has 3 aromatic rings. The molecule has 0 spiro atoms. The van der Waals surface area contributed by atoms with Crippen LogP contribution in [0.1, 0.15) is 5.56 Å². The normalized spacial score (nSPS) is 11.7. The van der Waals surface area contributed by atoms with Crippen LogP contribution >= 0.6 is 23.2 Å². The number of hydrogen-bond donors (Lipinski definition) is 2. The Labute approximate surface area is 161 Å². The van der Waals surface area contributed by atoms with E-state index in [0.29, 0.717) is 15.9 Å². The molecule has 0 aliphatic rings. The van der Waals surface area contributed by atoms with E-state index in [4.69, 9.17) is 28.3 Å².